The van der Waals surface area contributed by atoms with Gasteiger partial charge in [-0.2, -0.15) is 0 Å². The second kappa shape index (κ2) is 9.57. The van der Waals surface area contributed by atoms with Crippen LogP contribution in [0.1, 0.15) is 41.9 Å². The number of nitrogens with two attached hydrogens (primary N) is 1. The molecule has 0 amide bonds. The summed E-state index contributed by atoms with van der Waals surface area (Å²) in [6.07, 6.45) is 4.61. The van der Waals surface area contributed by atoms with Gasteiger partial charge >= 0.3 is 6.16 Å². The summed E-state index contributed by atoms with van der Waals surface area (Å²) in [5, 5.41) is 0. The Morgan fingerprint density at radius 1 is 1.19 bits per heavy atom. The summed E-state index contributed by atoms with van der Waals surface area (Å²) in [5.74, 6) is 0.413. The molecule has 7 nitrogen and oxygen atoms in total. The molecule has 31 heavy (non-hydrogen) atoms. The Labute approximate surface area is 181 Å². The van der Waals surface area contributed by atoms with Crippen molar-refractivity contribution in [3.05, 3.63) is 70.5 Å². The van der Waals surface area contributed by atoms with Gasteiger partial charge in [0.2, 0.25) is 5.88 Å². The number of rotatable bonds is 6. The molecule has 0 bridgehead atoms. The smallest absolute Gasteiger partial charge is 0.493 e. The quantitative estimate of drug-likeness (QED) is 0.420. The van der Waals surface area contributed by atoms with Gasteiger partial charge in [-0.15, -0.1) is 0 Å². The van der Waals surface area contributed by atoms with Crippen LogP contribution < -0.4 is 19.9 Å². The van der Waals surface area contributed by atoms with E-state index in [1.54, 1.807) is 12.1 Å². The van der Waals surface area contributed by atoms with E-state index in [1.807, 2.05) is 26.0 Å². The lowest BCUT2D eigenvalue weighted by molar-refractivity contribution is 0.101. The molecule has 1 aliphatic carbocycles. The Bertz CT molecular complexity index is 1070. The van der Waals surface area contributed by atoms with Crippen LogP contribution in [-0.4, -0.2) is 30.1 Å². The number of allylic oxidation sites excluding steroid dienone is 1. The Morgan fingerprint density at radius 2 is 1.97 bits per heavy atom. The van der Waals surface area contributed by atoms with E-state index < -0.39 is 6.16 Å². The summed E-state index contributed by atoms with van der Waals surface area (Å²) < 4.78 is 15.7. The van der Waals surface area contributed by atoms with E-state index in [4.69, 9.17) is 19.9 Å². The number of ether oxygens (including phenoxy) is 3. The minimum Gasteiger partial charge on any atom is -0.493 e. The molecule has 2 N–H and O–H groups in total. The summed E-state index contributed by atoms with van der Waals surface area (Å²) in [6.45, 7) is 5.37. The van der Waals surface area contributed by atoms with Gasteiger partial charge < -0.3 is 19.9 Å². The van der Waals surface area contributed by atoms with Crippen molar-refractivity contribution in [3.8, 4) is 17.4 Å². The van der Waals surface area contributed by atoms with Gasteiger partial charge in [0, 0.05) is 24.1 Å². The highest BCUT2D eigenvalue weighted by atomic mass is 16.7. The Kier molecular flexibility index (Phi) is 6.87. The summed E-state index contributed by atoms with van der Waals surface area (Å²) in [6, 6.07) is 8.01. The molecule has 0 fully saturated rings. The fraction of sp³-hybridized carbons (Fsp3) is 0.292. The SMILES string of the molecule is C/C=C1\C(Cc2nc(OC(=O)Oc3ccc(C(C)=O)cc3OC)ccc2C)=CCC1N. The largest absolute Gasteiger partial charge is 0.520 e. The van der Waals surface area contributed by atoms with E-state index >= 15 is 0 Å². The number of aromatic nitrogens is 1. The van der Waals surface area contributed by atoms with Crippen molar-refractivity contribution in [2.45, 2.75) is 39.7 Å². The number of hydrogen-bond donors (Lipinski definition) is 1. The Balaban J connectivity index is 1.73. The topological polar surface area (TPSA) is 101 Å². The maximum atomic E-state index is 12.3. The zero-order valence-electron chi connectivity index (χ0n) is 18.1. The second-order valence-electron chi connectivity index (χ2n) is 7.28. The average molecular weight is 422 g/mol. The van der Waals surface area contributed by atoms with Gasteiger partial charge in [-0.1, -0.05) is 18.2 Å². The van der Waals surface area contributed by atoms with Crippen LogP contribution in [0, 0.1) is 6.92 Å². The molecule has 7 heteroatoms. The van der Waals surface area contributed by atoms with Crippen LogP contribution in [0.25, 0.3) is 0 Å². The van der Waals surface area contributed by atoms with Crippen molar-refractivity contribution in [2.75, 3.05) is 7.11 Å². The normalized spacial score (nSPS) is 16.7. The van der Waals surface area contributed by atoms with E-state index in [-0.39, 0.29) is 29.2 Å². The first-order valence-corrected chi connectivity index (χ1v) is 9.98. The first-order chi connectivity index (χ1) is 14.8. The van der Waals surface area contributed by atoms with Gasteiger partial charge in [-0.05, 0) is 62.1 Å². The molecule has 0 spiro atoms. The van der Waals surface area contributed by atoms with Crippen LogP contribution in [-0.2, 0) is 6.42 Å². The number of aryl methyl sites for hydroxylation is 1. The number of hydrogen-bond acceptors (Lipinski definition) is 7. The minimum atomic E-state index is -0.951. The lowest BCUT2D eigenvalue weighted by Gasteiger charge is -2.13. The number of ketones is 1. The maximum Gasteiger partial charge on any atom is 0.520 e. The van der Waals surface area contributed by atoms with E-state index in [0.29, 0.717) is 12.0 Å². The Morgan fingerprint density at radius 3 is 2.65 bits per heavy atom. The molecule has 1 aliphatic rings. The monoisotopic (exact) mass is 422 g/mol. The highest BCUT2D eigenvalue weighted by Gasteiger charge is 2.21. The second-order valence-corrected chi connectivity index (χ2v) is 7.28. The van der Waals surface area contributed by atoms with Crippen LogP contribution in [0.4, 0.5) is 4.79 Å². The molecule has 1 aromatic carbocycles. The molecule has 0 aliphatic heterocycles. The van der Waals surface area contributed by atoms with Crippen molar-refractivity contribution in [1.29, 1.82) is 0 Å². The number of benzene rings is 1. The fourth-order valence-electron chi connectivity index (χ4n) is 3.46. The molecule has 2 aromatic rings. The molecule has 162 valence electrons. The third kappa shape index (κ3) is 5.19. The molecule has 1 atom stereocenters. The molecule has 0 radical (unpaired) electrons. The highest BCUT2D eigenvalue weighted by Crippen LogP contribution is 2.30. The van der Waals surface area contributed by atoms with Crippen LogP contribution >= 0.6 is 0 Å². The number of carbonyl (C=O) groups is 2. The average Bonchev–Trinajstić information content (AvgIpc) is 3.09. The molecule has 1 aromatic heterocycles. The maximum absolute atomic E-state index is 12.3. The van der Waals surface area contributed by atoms with Crippen molar-refractivity contribution in [1.82, 2.24) is 4.98 Å². The van der Waals surface area contributed by atoms with Crippen molar-refractivity contribution < 1.29 is 23.8 Å². The lowest BCUT2D eigenvalue weighted by atomic mass is 9.99. The number of nitrogens with zero attached hydrogens (tertiary/aromatic N) is 1. The zero-order chi connectivity index (χ0) is 22.5. The molecule has 3 rings (SSSR count). The molecule has 1 unspecified atom stereocenters. The predicted octanol–water partition coefficient (Wildman–Crippen LogP) is 4.33. The number of pyridine rings is 1. The van der Waals surface area contributed by atoms with Gasteiger partial charge in [0.1, 0.15) is 0 Å². The molecular formula is C24H26N2O5. The molecule has 0 saturated carbocycles. The van der Waals surface area contributed by atoms with Crippen molar-refractivity contribution in [3.63, 3.8) is 0 Å². The van der Waals surface area contributed by atoms with E-state index in [1.165, 1.54) is 26.2 Å². The third-order valence-electron chi connectivity index (χ3n) is 5.18. The fourth-order valence-corrected chi connectivity index (χ4v) is 3.46. The van der Waals surface area contributed by atoms with Gasteiger partial charge in [-0.25, -0.2) is 9.78 Å². The molecule has 1 heterocycles. The van der Waals surface area contributed by atoms with E-state index in [2.05, 4.69) is 11.1 Å². The summed E-state index contributed by atoms with van der Waals surface area (Å²) in [4.78, 5) is 28.3. The van der Waals surface area contributed by atoms with Gasteiger partial charge in [-0.3, -0.25) is 4.79 Å². The van der Waals surface area contributed by atoms with Crippen LogP contribution in [0.3, 0.4) is 0 Å². The summed E-state index contributed by atoms with van der Waals surface area (Å²) in [7, 11) is 1.42. The number of methoxy groups -OCH3 is 1. The van der Waals surface area contributed by atoms with Crippen LogP contribution in [0.15, 0.2) is 53.6 Å². The van der Waals surface area contributed by atoms with Crippen LogP contribution in [0.5, 0.6) is 17.4 Å². The molecular weight excluding hydrogens is 396 g/mol. The first-order valence-electron chi connectivity index (χ1n) is 9.98. The van der Waals surface area contributed by atoms with E-state index in [0.717, 1.165) is 28.8 Å². The summed E-state index contributed by atoms with van der Waals surface area (Å²) >= 11 is 0. The van der Waals surface area contributed by atoms with Crippen molar-refractivity contribution >= 4 is 11.9 Å². The lowest BCUT2D eigenvalue weighted by Crippen LogP contribution is -2.19. The number of carbonyl (C=O) groups excluding carboxylic acids is 2. The van der Waals surface area contributed by atoms with E-state index in [9.17, 15) is 9.59 Å². The minimum absolute atomic E-state index is 0.0130. The highest BCUT2D eigenvalue weighted by molar-refractivity contribution is 5.94. The molecule has 0 saturated heterocycles. The summed E-state index contributed by atoms with van der Waals surface area (Å²) in [5.41, 5.74) is 10.6. The predicted molar refractivity (Wildman–Crippen MR) is 117 cm³/mol. The van der Waals surface area contributed by atoms with Gasteiger partial charge in [0.25, 0.3) is 0 Å². The van der Waals surface area contributed by atoms with Gasteiger partial charge in [0.15, 0.2) is 17.3 Å². The standard InChI is InChI=1S/C24H26N2O5/c1-5-18-17(7-9-19(18)25)12-20-14(2)6-11-23(26-20)31-24(28)30-21-10-8-16(15(3)27)13-22(21)29-4/h5-8,10-11,13,19H,9,12,25H2,1-4H3/b18-5+. The van der Waals surface area contributed by atoms with Crippen LogP contribution in [0.2, 0.25) is 0 Å². The zero-order valence-corrected chi connectivity index (χ0v) is 18.1. The van der Waals surface area contributed by atoms with Crippen molar-refractivity contribution in [2.24, 2.45) is 5.73 Å². The Hall–Kier alpha value is -3.45. The number of Topliss-reactive ketones (excluding diaryl/α,β-unsaturated/α-hetero) is 1. The third-order valence-corrected chi connectivity index (χ3v) is 5.18. The van der Waals surface area contributed by atoms with Gasteiger partial charge in [0.05, 0.1) is 12.8 Å². The first kappa shape index (κ1) is 22.2.